The maximum absolute atomic E-state index is 12.3. The minimum absolute atomic E-state index is 0.189. The van der Waals surface area contributed by atoms with Crippen LogP contribution >= 0.6 is 0 Å². The maximum Gasteiger partial charge on any atom is 0.311 e. The van der Waals surface area contributed by atoms with Gasteiger partial charge in [-0.05, 0) is 61.8 Å². The van der Waals surface area contributed by atoms with Crippen molar-refractivity contribution < 1.29 is 19.1 Å². The first-order chi connectivity index (χ1) is 22.0. The van der Waals surface area contributed by atoms with Gasteiger partial charge in [0, 0.05) is 22.3 Å². The van der Waals surface area contributed by atoms with E-state index in [-0.39, 0.29) is 11.7 Å². The maximum atomic E-state index is 12.3. The summed E-state index contributed by atoms with van der Waals surface area (Å²) in [6, 6.07) is 37.7. The van der Waals surface area contributed by atoms with Gasteiger partial charge >= 0.3 is 5.97 Å². The molecule has 228 valence electrons. The lowest BCUT2D eigenvalue weighted by atomic mass is 9.83. The Labute approximate surface area is 264 Å². The summed E-state index contributed by atoms with van der Waals surface area (Å²) in [5, 5.41) is 8.98. The average Bonchev–Trinajstić information content (AvgIpc) is 3.52. The van der Waals surface area contributed by atoms with Gasteiger partial charge in [0.25, 0.3) is 0 Å². The van der Waals surface area contributed by atoms with Gasteiger partial charge in [-0.1, -0.05) is 115 Å². The van der Waals surface area contributed by atoms with E-state index in [2.05, 4.69) is 18.2 Å². The molecule has 0 aliphatic heterocycles. The molecule has 4 aromatic carbocycles. The largest absolute Gasteiger partial charge is 0.481 e. The van der Waals surface area contributed by atoms with Crippen LogP contribution in [0.3, 0.4) is 0 Å². The van der Waals surface area contributed by atoms with Crippen molar-refractivity contribution in [3.8, 4) is 22.6 Å². The molecule has 6 nitrogen and oxygen atoms in total. The Hall–Kier alpha value is -5.07. The number of hydrogen-bond acceptors (Lipinski definition) is 5. The molecule has 45 heavy (non-hydrogen) atoms. The highest BCUT2D eigenvalue weighted by molar-refractivity contribution is 6.05. The number of Topliss-reactive ketones (excluding diaryl/α,β-unsaturated/α-hetero) is 1. The van der Waals surface area contributed by atoms with Crippen molar-refractivity contribution in [2.45, 2.75) is 38.5 Å². The molecule has 0 saturated carbocycles. The van der Waals surface area contributed by atoms with Gasteiger partial charge in [0.15, 0.2) is 11.5 Å². The number of nitrogens with zero attached hydrogens (tertiary/aromatic N) is 1. The number of carboxylic acid groups (broad SMARTS) is 1. The molecule has 6 heteroatoms. The molecular formula is C39H38N2O4. The summed E-state index contributed by atoms with van der Waals surface area (Å²) in [5.74, 6) is 0.0833. The first kappa shape index (κ1) is 31.4. The first-order valence-corrected chi connectivity index (χ1v) is 15.4. The summed E-state index contributed by atoms with van der Waals surface area (Å²) in [6.45, 7) is 0.740. The predicted octanol–water partition coefficient (Wildman–Crippen LogP) is 8.28. The summed E-state index contributed by atoms with van der Waals surface area (Å²) in [7, 11) is 0. The van der Waals surface area contributed by atoms with Crippen molar-refractivity contribution >= 4 is 17.3 Å². The standard InChI is InChI=1S/C31H27NO4.C8H11N/c33-27(20-28(34)35)25-16-9-10-21(19-25)18-24-15-7-8-17-26(24)31-32-29(22-11-3-1-4-12-22)30(36-31)23-13-5-2-6-14-23;9-7-6-8-4-2-1-3-5-8/h1-6,9-14,16-17,19,24H,7-8,15,18,20H2,(H,34,35);1-5H,6-7,9H2. The zero-order valence-corrected chi connectivity index (χ0v) is 25.3. The van der Waals surface area contributed by atoms with Gasteiger partial charge in [-0.2, -0.15) is 0 Å². The summed E-state index contributed by atoms with van der Waals surface area (Å²) in [6.07, 6.45) is 6.46. The molecule has 1 aliphatic carbocycles. The van der Waals surface area contributed by atoms with Gasteiger partial charge in [-0.25, -0.2) is 4.98 Å². The van der Waals surface area contributed by atoms with Crippen molar-refractivity contribution in [3.63, 3.8) is 0 Å². The molecule has 5 aromatic rings. The topological polar surface area (TPSA) is 106 Å². The van der Waals surface area contributed by atoms with Crippen LogP contribution in [-0.2, 0) is 17.6 Å². The molecular weight excluding hydrogens is 560 g/mol. The van der Waals surface area contributed by atoms with E-state index in [0.717, 1.165) is 72.4 Å². The number of rotatable bonds is 10. The number of carbonyl (C=O) groups excluding carboxylic acids is 1. The highest BCUT2D eigenvalue weighted by Crippen LogP contribution is 2.40. The molecule has 6 rings (SSSR count). The van der Waals surface area contributed by atoms with Gasteiger partial charge in [0.2, 0.25) is 5.89 Å². The van der Waals surface area contributed by atoms with Crippen molar-refractivity contribution in [1.29, 1.82) is 0 Å². The van der Waals surface area contributed by atoms with Crippen LogP contribution in [0.1, 0.15) is 53.1 Å². The van der Waals surface area contributed by atoms with E-state index in [1.807, 2.05) is 97.1 Å². The lowest BCUT2D eigenvalue weighted by Crippen LogP contribution is -2.12. The second kappa shape index (κ2) is 15.6. The molecule has 0 bridgehead atoms. The first-order valence-electron chi connectivity index (χ1n) is 15.4. The smallest absolute Gasteiger partial charge is 0.311 e. The van der Waals surface area contributed by atoms with Gasteiger partial charge in [0.1, 0.15) is 12.1 Å². The number of carbonyl (C=O) groups is 2. The number of aromatic nitrogens is 1. The fourth-order valence-corrected chi connectivity index (χ4v) is 5.65. The molecule has 0 fully saturated rings. The average molecular weight is 599 g/mol. The molecule has 0 saturated heterocycles. The Kier molecular flexibility index (Phi) is 10.9. The van der Waals surface area contributed by atoms with Crippen LogP contribution < -0.4 is 5.73 Å². The van der Waals surface area contributed by atoms with Crippen LogP contribution in [0.5, 0.6) is 0 Å². The van der Waals surface area contributed by atoms with Crippen molar-refractivity contribution in [2.24, 2.45) is 11.7 Å². The van der Waals surface area contributed by atoms with Crippen LogP contribution in [0.15, 0.2) is 126 Å². The van der Waals surface area contributed by atoms with Crippen LogP contribution in [0.4, 0.5) is 0 Å². The lowest BCUT2D eigenvalue weighted by molar-refractivity contribution is -0.135. The molecule has 0 radical (unpaired) electrons. The predicted molar refractivity (Wildman–Crippen MR) is 179 cm³/mol. The molecule has 1 atom stereocenters. The molecule has 3 N–H and O–H groups in total. The summed E-state index contributed by atoms with van der Waals surface area (Å²) in [5.41, 5.74) is 12.0. The summed E-state index contributed by atoms with van der Waals surface area (Å²) >= 11 is 0. The van der Waals surface area contributed by atoms with Crippen LogP contribution in [-0.4, -0.2) is 28.4 Å². The SMILES string of the molecule is NCCc1ccccc1.O=C(O)CC(=O)c1cccc(CC2CCCC=C2c2nc(-c3ccccc3)c(-c3ccccc3)o2)c1. The summed E-state index contributed by atoms with van der Waals surface area (Å²) < 4.78 is 6.47. The second-order valence-corrected chi connectivity index (χ2v) is 11.1. The normalized spacial score (nSPS) is 14.2. The third-order valence-corrected chi connectivity index (χ3v) is 7.84. The third-order valence-electron chi connectivity index (χ3n) is 7.84. The highest BCUT2D eigenvalue weighted by atomic mass is 16.4. The number of carboxylic acids is 1. The van der Waals surface area contributed by atoms with E-state index in [0.29, 0.717) is 11.5 Å². The number of benzene rings is 4. The van der Waals surface area contributed by atoms with E-state index in [1.165, 1.54) is 5.56 Å². The number of nitrogens with two attached hydrogens (primary N) is 1. The van der Waals surface area contributed by atoms with E-state index in [1.54, 1.807) is 6.07 Å². The Bertz CT molecular complexity index is 1670. The van der Waals surface area contributed by atoms with E-state index >= 15 is 0 Å². The van der Waals surface area contributed by atoms with Crippen molar-refractivity contribution in [3.05, 3.63) is 144 Å². The minimum atomic E-state index is -1.12. The Morgan fingerprint density at radius 2 is 1.47 bits per heavy atom. The van der Waals surface area contributed by atoms with E-state index < -0.39 is 12.4 Å². The number of oxazole rings is 1. The molecule has 1 unspecified atom stereocenters. The molecule has 0 spiro atoms. The van der Waals surface area contributed by atoms with Gasteiger partial charge in [0.05, 0.1) is 0 Å². The Balaban J connectivity index is 0.000000383. The fourth-order valence-electron chi connectivity index (χ4n) is 5.65. The van der Waals surface area contributed by atoms with E-state index in [9.17, 15) is 9.59 Å². The van der Waals surface area contributed by atoms with Gasteiger partial charge < -0.3 is 15.3 Å². The minimum Gasteiger partial charge on any atom is -0.481 e. The van der Waals surface area contributed by atoms with Crippen molar-refractivity contribution in [2.75, 3.05) is 6.54 Å². The zero-order chi connectivity index (χ0) is 31.4. The van der Waals surface area contributed by atoms with Gasteiger partial charge in [-0.15, -0.1) is 0 Å². The second-order valence-electron chi connectivity index (χ2n) is 11.1. The fraction of sp³-hybridized carbons (Fsp3) is 0.205. The van der Waals surface area contributed by atoms with E-state index in [4.69, 9.17) is 20.2 Å². The lowest BCUT2D eigenvalue weighted by Gasteiger charge is -2.22. The third kappa shape index (κ3) is 8.52. The Morgan fingerprint density at radius 3 is 2.13 bits per heavy atom. The molecule has 1 aliphatic rings. The number of aliphatic carboxylic acids is 1. The van der Waals surface area contributed by atoms with Crippen LogP contribution in [0.25, 0.3) is 28.2 Å². The zero-order valence-electron chi connectivity index (χ0n) is 25.3. The molecule has 1 aromatic heterocycles. The molecule has 0 amide bonds. The monoisotopic (exact) mass is 598 g/mol. The van der Waals surface area contributed by atoms with Crippen LogP contribution in [0, 0.1) is 5.92 Å². The highest BCUT2D eigenvalue weighted by Gasteiger charge is 2.26. The summed E-state index contributed by atoms with van der Waals surface area (Å²) in [4.78, 5) is 28.2. The van der Waals surface area contributed by atoms with Crippen LogP contribution in [0.2, 0.25) is 0 Å². The molecule has 1 heterocycles. The number of allylic oxidation sites excluding steroid dienone is 2. The number of ketones is 1. The number of hydrogen-bond donors (Lipinski definition) is 2. The Morgan fingerprint density at radius 1 is 0.822 bits per heavy atom. The van der Waals surface area contributed by atoms with Crippen molar-refractivity contribution in [1.82, 2.24) is 4.98 Å². The van der Waals surface area contributed by atoms with Gasteiger partial charge in [-0.3, -0.25) is 9.59 Å². The quantitative estimate of drug-likeness (QED) is 0.124.